The van der Waals surface area contributed by atoms with Crippen LogP contribution < -0.4 is 0 Å². The summed E-state index contributed by atoms with van der Waals surface area (Å²) in [5, 5.41) is 22.4. The number of fused-ring (bicyclic) bond motifs is 10. The van der Waals surface area contributed by atoms with E-state index in [0.29, 0.717) is 23.7 Å². The maximum Gasteiger partial charge on any atom is 0.286 e. The summed E-state index contributed by atoms with van der Waals surface area (Å²) >= 11 is 0. The normalized spacial score (nSPS) is 13.6. The molecule has 0 unspecified atom stereocenters. The zero-order valence-corrected chi connectivity index (χ0v) is 17.8. The van der Waals surface area contributed by atoms with Crippen LogP contribution in [0.5, 0.6) is 0 Å². The molecule has 162 valence electrons. The molecule has 1 aliphatic rings. The van der Waals surface area contributed by atoms with Crippen LogP contribution in [0.4, 0.5) is 0 Å². The van der Waals surface area contributed by atoms with Crippen molar-refractivity contribution in [3.05, 3.63) is 59.7 Å². The van der Waals surface area contributed by atoms with Gasteiger partial charge in [-0.3, -0.25) is 14.8 Å². The molecule has 0 spiro atoms. The second-order valence-corrected chi connectivity index (χ2v) is 8.45. The third-order valence-corrected chi connectivity index (χ3v) is 6.65. The Bertz CT molecular complexity index is 1670. The summed E-state index contributed by atoms with van der Waals surface area (Å²) in [6, 6.07) is 17.7. The van der Waals surface area contributed by atoms with Gasteiger partial charge in [0, 0.05) is 45.5 Å². The van der Waals surface area contributed by atoms with E-state index in [1.807, 2.05) is 48.5 Å². The molecular weight excluding hydrogens is 416 g/mol. The Morgan fingerprint density at radius 3 is 2.36 bits per heavy atom. The third kappa shape index (κ3) is 2.58. The van der Waals surface area contributed by atoms with Crippen molar-refractivity contribution in [1.82, 2.24) is 14.6 Å². The van der Waals surface area contributed by atoms with Crippen molar-refractivity contribution in [2.24, 2.45) is 0 Å². The molecule has 33 heavy (non-hydrogen) atoms. The van der Waals surface area contributed by atoms with Crippen molar-refractivity contribution in [2.75, 3.05) is 0 Å². The molecule has 0 saturated carbocycles. The molecule has 7 heteroatoms. The van der Waals surface area contributed by atoms with Crippen molar-refractivity contribution in [3.8, 4) is 6.07 Å². The number of para-hydroxylation sites is 2. The lowest BCUT2D eigenvalue weighted by Crippen LogP contribution is -2.25. The highest BCUT2D eigenvalue weighted by molar-refractivity contribution is 6.38. The minimum atomic E-state index is -0.694. The predicted octanol–water partition coefficient (Wildman–Crippen LogP) is 5.50. The molecule has 2 aromatic heterocycles. The average Bonchev–Trinajstić information content (AvgIpc) is 3.44. The first-order valence-corrected chi connectivity index (χ1v) is 11.1. The number of aryl methyl sites for hydroxylation is 1. The number of carbonyl (C=O) groups is 2. The van der Waals surface area contributed by atoms with Crippen LogP contribution in [0, 0.1) is 11.3 Å². The van der Waals surface area contributed by atoms with Crippen LogP contribution in [0.25, 0.3) is 43.6 Å². The summed E-state index contributed by atoms with van der Waals surface area (Å²) in [4.78, 5) is 29.6. The summed E-state index contributed by atoms with van der Waals surface area (Å²) < 4.78 is 2.20. The zero-order valence-electron chi connectivity index (χ0n) is 17.8. The van der Waals surface area contributed by atoms with Gasteiger partial charge in [-0.1, -0.05) is 42.8 Å². The van der Waals surface area contributed by atoms with E-state index in [1.54, 1.807) is 0 Å². The fourth-order valence-corrected chi connectivity index (χ4v) is 5.26. The van der Waals surface area contributed by atoms with Crippen LogP contribution in [0.2, 0.25) is 0 Å². The highest BCUT2D eigenvalue weighted by Crippen LogP contribution is 2.44. The van der Waals surface area contributed by atoms with Crippen LogP contribution in [0.15, 0.2) is 48.5 Å². The predicted molar refractivity (Wildman–Crippen MR) is 125 cm³/mol. The Kier molecular flexibility index (Phi) is 4.25. The van der Waals surface area contributed by atoms with E-state index in [9.17, 15) is 14.8 Å². The fraction of sp³-hybridized carbons (Fsp3) is 0.192. The lowest BCUT2D eigenvalue weighted by molar-refractivity contribution is -0.0325. The Morgan fingerprint density at radius 1 is 0.879 bits per heavy atom. The van der Waals surface area contributed by atoms with E-state index >= 15 is 0 Å². The Balaban J connectivity index is 1.76. The zero-order chi connectivity index (χ0) is 22.7. The van der Waals surface area contributed by atoms with Crippen molar-refractivity contribution in [1.29, 1.82) is 5.26 Å². The summed E-state index contributed by atoms with van der Waals surface area (Å²) in [5.74, 6) is -1.39. The number of unbranched alkanes of at least 4 members (excludes halogenated alkanes) is 3. The standard InChI is InChI=1S/C26H20N4O3/c27-13-7-1-2-8-14-29-18-12-6-4-10-16(18)20-22-21(25(31)30(33)26(22)32)19-15-9-3-5-11-17(15)28-23(19)24(20)29/h3-6,9-12,28,33H,1-2,7-8,14H2. The minimum absolute atomic E-state index is 0.235. The van der Waals surface area contributed by atoms with Gasteiger partial charge in [-0.25, -0.2) is 0 Å². The van der Waals surface area contributed by atoms with Crippen LogP contribution in [-0.4, -0.2) is 31.6 Å². The first-order chi connectivity index (χ1) is 16.1. The lowest BCUT2D eigenvalue weighted by atomic mass is 9.97. The van der Waals surface area contributed by atoms with Gasteiger partial charge in [-0.2, -0.15) is 5.26 Å². The summed E-state index contributed by atoms with van der Waals surface area (Å²) in [7, 11) is 0. The SMILES string of the molecule is N#CCCCCCn1c2ccccc2c2c3c(c4c5ccccc5[nH]c4c21)C(=O)N(O)C3=O. The highest BCUT2D eigenvalue weighted by Gasteiger charge is 2.41. The number of aromatic nitrogens is 2. The van der Waals surface area contributed by atoms with Gasteiger partial charge in [0.25, 0.3) is 11.8 Å². The molecule has 3 heterocycles. The van der Waals surface area contributed by atoms with E-state index in [2.05, 4.69) is 15.6 Å². The van der Waals surface area contributed by atoms with Crippen molar-refractivity contribution in [2.45, 2.75) is 32.2 Å². The molecule has 0 aliphatic carbocycles. The van der Waals surface area contributed by atoms with E-state index in [0.717, 1.165) is 52.1 Å². The number of hydroxylamine groups is 2. The monoisotopic (exact) mass is 436 g/mol. The van der Waals surface area contributed by atoms with Gasteiger partial charge in [-0.15, -0.1) is 5.06 Å². The molecule has 0 radical (unpaired) electrons. The van der Waals surface area contributed by atoms with Gasteiger partial charge >= 0.3 is 0 Å². The van der Waals surface area contributed by atoms with Gasteiger partial charge < -0.3 is 9.55 Å². The molecule has 2 amide bonds. The van der Waals surface area contributed by atoms with Crippen LogP contribution in [0.3, 0.4) is 0 Å². The second kappa shape index (κ2) is 7.19. The molecule has 0 bridgehead atoms. The van der Waals surface area contributed by atoms with Gasteiger partial charge in [-0.05, 0) is 25.0 Å². The Hall–Kier alpha value is -4.15. The number of hydrogen-bond donors (Lipinski definition) is 2. The fourth-order valence-electron chi connectivity index (χ4n) is 5.26. The number of nitrogens with zero attached hydrogens (tertiary/aromatic N) is 3. The Morgan fingerprint density at radius 2 is 1.58 bits per heavy atom. The number of carbonyl (C=O) groups excluding carboxylic acids is 2. The third-order valence-electron chi connectivity index (χ3n) is 6.65. The number of amides is 2. The van der Waals surface area contributed by atoms with Gasteiger partial charge in [0.2, 0.25) is 0 Å². The van der Waals surface area contributed by atoms with E-state index in [-0.39, 0.29) is 16.2 Å². The van der Waals surface area contributed by atoms with Crippen LogP contribution in [0.1, 0.15) is 46.4 Å². The maximum absolute atomic E-state index is 13.1. The number of hydrogen-bond acceptors (Lipinski definition) is 4. The lowest BCUT2D eigenvalue weighted by Gasteiger charge is -2.09. The van der Waals surface area contributed by atoms with Crippen LogP contribution in [-0.2, 0) is 6.54 Å². The maximum atomic E-state index is 13.1. The molecule has 6 rings (SSSR count). The number of nitrogens with one attached hydrogen (secondary N) is 1. The van der Waals surface area contributed by atoms with Gasteiger partial charge in [0.1, 0.15) is 0 Å². The highest BCUT2D eigenvalue weighted by atomic mass is 16.5. The first kappa shape index (κ1) is 19.5. The number of rotatable bonds is 5. The molecule has 5 aromatic rings. The quantitative estimate of drug-likeness (QED) is 0.216. The average molecular weight is 436 g/mol. The number of benzene rings is 3. The van der Waals surface area contributed by atoms with E-state index in [4.69, 9.17) is 5.26 Å². The molecule has 0 saturated heterocycles. The molecule has 0 atom stereocenters. The molecule has 3 aromatic carbocycles. The van der Waals surface area contributed by atoms with Crippen molar-refractivity contribution >= 4 is 55.4 Å². The molecule has 7 nitrogen and oxygen atoms in total. The van der Waals surface area contributed by atoms with E-state index in [1.165, 1.54) is 0 Å². The second-order valence-electron chi connectivity index (χ2n) is 8.45. The van der Waals surface area contributed by atoms with Gasteiger partial charge in [0.05, 0.1) is 28.2 Å². The molecule has 1 aliphatic heterocycles. The van der Waals surface area contributed by atoms with Crippen molar-refractivity contribution < 1.29 is 14.8 Å². The number of imide groups is 1. The molecule has 0 fully saturated rings. The number of H-pyrrole nitrogens is 1. The number of nitriles is 1. The summed E-state index contributed by atoms with van der Waals surface area (Å²) in [6.45, 7) is 0.712. The van der Waals surface area contributed by atoms with Crippen LogP contribution >= 0.6 is 0 Å². The van der Waals surface area contributed by atoms with E-state index < -0.39 is 11.8 Å². The van der Waals surface area contributed by atoms with Gasteiger partial charge in [0.15, 0.2) is 0 Å². The largest absolute Gasteiger partial charge is 0.353 e. The topological polar surface area (TPSA) is 102 Å². The summed E-state index contributed by atoms with van der Waals surface area (Å²) in [5.41, 5.74) is 3.99. The molecular formula is C26H20N4O3. The summed E-state index contributed by atoms with van der Waals surface area (Å²) in [6.07, 6.45) is 3.19. The number of aromatic amines is 1. The first-order valence-electron chi connectivity index (χ1n) is 11.1. The minimum Gasteiger partial charge on any atom is -0.353 e. The molecule has 2 N–H and O–H groups in total. The Labute approximate surface area is 188 Å². The smallest absolute Gasteiger partial charge is 0.286 e. The van der Waals surface area contributed by atoms with Crippen molar-refractivity contribution in [3.63, 3.8) is 0 Å².